The Morgan fingerprint density at radius 1 is 1.38 bits per heavy atom. The topological polar surface area (TPSA) is 33.6 Å². The van der Waals surface area contributed by atoms with Crippen LogP contribution in [0.15, 0.2) is 4.99 Å². The fourth-order valence-corrected chi connectivity index (χ4v) is 4.80. The van der Waals surface area contributed by atoms with Crippen molar-refractivity contribution in [1.82, 2.24) is 5.32 Å². The summed E-state index contributed by atoms with van der Waals surface area (Å²) in [6, 6.07) is 0.565. The lowest BCUT2D eigenvalue weighted by molar-refractivity contribution is 0.0555. The molecule has 0 saturated carbocycles. The van der Waals surface area contributed by atoms with E-state index in [1.807, 2.05) is 23.5 Å². The van der Waals surface area contributed by atoms with Gasteiger partial charge in [-0.1, -0.05) is 11.8 Å². The molecule has 0 aromatic carbocycles. The molecule has 90 valence electrons. The molecule has 3 saturated heterocycles. The summed E-state index contributed by atoms with van der Waals surface area (Å²) in [7, 11) is 0. The molecular weight excluding hydrogens is 240 g/mol. The molecule has 3 nitrogen and oxygen atoms in total. The zero-order valence-corrected chi connectivity index (χ0v) is 11.0. The second-order valence-electron chi connectivity index (χ2n) is 4.76. The first-order valence-corrected chi connectivity index (χ1v) is 8.15. The molecule has 3 rings (SSSR count). The summed E-state index contributed by atoms with van der Waals surface area (Å²) in [5, 5.41) is 4.85. The van der Waals surface area contributed by atoms with Gasteiger partial charge in [0.2, 0.25) is 0 Å². The van der Waals surface area contributed by atoms with Gasteiger partial charge in [-0.2, -0.15) is 11.8 Å². The van der Waals surface area contributed by atoms with Crippen LogP contribution in [-0.2, 0) is 4.74 Å². The first-order chi connectivity index (χ1) is 7.86. The number of thioether (sulfide) groups is 2. The number of rotatable bonds is 1. The van der Waals surface area contributed by atoms with Crippen molar-refractivity contribution in [3.8, 4) is 0 Å². The minimum Gasteiger partial charge on any atom is -0.381 e. The zero-order valence-electron chi connectivity index (χ0n) is 9.41. The molecule has 3 aliphatic heterocycles. The van der Waals surface area contributed by atoms with E-state index in [9.17, 15) is 0 Å². The van der Waals surface area contributed by atoms with Crippen LogP contribution in [0, 0.1) is 0 Å². The number of amidine groups is 1. The average molecular weight is 258 g/mol. The Balaban J connectivity index is 1.62. The predicted octanol–water partition coefficient (Wildman–Crippen LogP) is 1.73. The van der Waals surface area contributed by atoms with Crippen LogP contribution >= 0.6 is 23.5 Å². The first kappa shape index (κ1) is 11.2. The maximum Gasteiger partial charge on any atom is 0.157 e. The molecule has 0 radical (unpaired) electrons. The molecule has 16 heavy (non-hydrogen) atoms. The SMILES string of the molecule is C1CC2(CCO1)CSC(=NC1CCSC1)N2. The molecule has 0 aliphatic carbocycles. The molecule has 1 atom stereocenters. The molecule has 3 heterocycles. The summed E-state index contributed by atoms with van der Waals surface area (Å²) < 4.78 is 5.43. The van der Waals surface area contributed by atoms with Crippen molar-refractivity contribution >= 4 is 28.7 Å². The van der Waals surface area contributed by atoms with Gasteiger partial charge in [-0.15, -0.1) is 0 Å². The molecule has 1 spiro atoms. The molecule has 3 fully saturated rings. The molecule has 0 amide bonds. The van der Waals surface area contributed by atoms with Crippen LogP contribution < -0.4 is 5.32 Å². The highest BCUT2D eigenvalue weighted by Gasteiger charge is 2.38. The summed E-state index contributed by atoms with van der Waals surface area (Å²) in [5.41, 5.74) is 0.299. The Bertz CT molecular complexity index is 284. The van der Waals surface area contributed by atoms with Crippen molar-refractivity contribution in [2.75, 3.05) is 30.5 Å². The number of aliphatic imine (C=N–C) groups is 1. The van der Waals surface area contributed by atoms with Gasteiger partial charge in [0.1, 0.15) is 0 Å². The molecule has 0 aromatic heterocycles. The Morgan fingerprint density at radius 3 is 3.00 bits per heavy atom. The third-order valence-corrected chi connectivity index (χ3v) is 5.84. The number of nitrogens with zero attached hydrogens (tertiary/aromatic N) is 1. The van der Waals surface area contributed by atoms with Crippen LogP contribution in [0.5, 0.6) is 0 Å². The van der Waals surface area contributed by atoms with Gasteiger partial charge >= 0.3 is 0 Å². The van der Waals surface area contributed by atoms with E-state index in [4.69, 9.17) is 9.73 Å². The number of nitrogens with one attached hydrogen (secondary N) is 1. The average Bonchev–Trinajstić information content (AvgIpc) is 2.92. The molecule has 5 heteroatoms. The number of ether oxygens (including phenoxy) is 1. The highest BCUT2D eigenvalue weighted by molar-refractivity contribution is 8.14. The van der Waals surface area contributed by atoms with Gasteiger partial charge in [-0.25, -0.2) is 0 Å². The van der Waals surface area contributed by atoms with Crippen LogP contribution in [0.4, 0.5) is 0 Å². The highest BCUT2D eigenvalue weighted by Crippen LogP contribution is 2.32. The van der Waals surface area contributed by atoms with Gasteiger partial charge in [0.25, 0.3) is 0 Å². The van der Waals surface area contributed by atoms with Crippen molar-refractivity contribution in [2.24, 2.45) is 4.99 Å². The third kappa shape index (κ3) is 2.36. The summed E-state index contributed by atoms with van der Waals surface area (Å²) in [6.07, 6.45) is 3.53. The highest BCUT2D eigenvalue weighted by atomic mass is 32.2. The second kappa shape index (κ2) is 4.78. The van der Waals surface area contributed by atoms with Gasteiger partial charge in [-0.3, -0.25) is 4.99 Å². The zero-order chi connectivity index (χ0) is 10.8. The monoisotopic (exact) mass is 258 g/mol. The smallest absolute Gasteiger partial charge is 0.157 e. The van der Waals surface area contributed by atoms with Crippen molar-refractivity contribution in [1.29, 1.82) is 0 Å². The maximum absolute atomic E-state index is 5.43. The number of hydrogen-bond acceptors (Lipinski definition) is 4. The van der Waals surface area contributed by atoms with E-state index in [1.165, 1.54) is 28.8 Å². The van der Waals surface area contributed by atoms with Crippen LogP contribution in [0.25, 0.3) is 0 Å². The van der Waals surface area contributed by atoms with E-state index in [-0.39, 0.29) is 0 Å². The standard InChI is InChI=1S/C11H18N2OS2/c1-6-15-7-9(1)12-10-13-11(8-16-10)2-4-14-5-3-11/h9H,1-8H2,(H,12,13). The van der Waals surface area contributed by atoms with E-state index >= 15 is 0 Å². The molecule has 0 bridgehead atoms. The molecule has 1 unspecified atom stereocenters. The van der Waals surface area contributed by atoms with Gasteiger partial charge in [0.05, 0.1) is 11.6 Å². The predicted molar refractivity (Wildman–Crippen MR) is 71.5 cm³/mol. The minimum atomic E-state index is 0.299. The van der Waals surface area contributed by atoms with E-state index in [2.05, 4.69) is 5.32 Å². The number of hydrogen-bond donors (Lipinski definition) is 1. The first-order valence-electron chi connectivity index (χ1n) is 6.01. The lowest BCUT2D eigenvalue weighted by Crippen LogP contribution is -2.48. The van der Waals surface area contributed by atoms with E-state index in [0.29, 0.717) is 11.6 Å². The Labute approximate surface area is 105 Å². The van der Waals surface area contributed by atoms with E-state index < -0.39 is 0 Å². The summed E-state index contributed by atoms with van der Waals surface area (Å²) in [5.74, 6) is 3.67. The lowest BCUT2D eigenvalue weighted by atomic mass is 9.93. The van der Waals surface area contributed by atoms with Gasteiger partial charge in [-0.05, 0) is 25.0 Å². The van der Waals surface area contributed by atoms with Gasteiger partial charge in [0.15, 0.2) is 5.17 Å². The largest absolute Gasteiger partial charge is 0.381 e. The normalized spacial score (nSPS) is 35.8. The Hall–Kier alpha value is 0.130. The second-order valence-corrected chi connectivity index (χ2v) is 6.87. The third-order valence-electron chi connectivity index (χ3n) is 3.51. The Kier molecular flexibility index (Phi) is 3.36. The fraction of sp³-hybridized carbons (Fsp3) is 0.909. The summed E-state index contributed by atoms with van der Waals surface area (Å²) in [4.78, 5) is 4.83. The molecule has 1 N–H and O–H groups in total. The van der Waals surface area contributed by atoms with Gasteiger partial charge in [0, 0.05) is 24.7 Å². The fourth-order valence-electron chi connectivity index (χ4n) is 2.40. The Morgan fingerprint density at radius 2 is 2.25 bits per heavy atom. The van der Waals surface area contributed by atoms with Crippen LogP contribution in [0.2, 0.25) is 0 Å². The van der Waals surface area contributed by atoms with Crippen molar-refractivity contribution < 1.29 is 4.74 Å². The van der Waals surface area contributed by atoms with Crippen LogP contribution in [0.3, 0.4) is 0 Å². The van der Waals surface area contributed by atoms with Crippen molar-refractivity contribution in [2.45, 2.75) is 30.8 Å². The van der Waals surface area contributed by atoms with Gasteiger partial charge < -0.3 is 10.1 Å². The summed E-state index contributed by atoms with van der Waals surface area (Å²) >= 11 is 3.94. The summed E-state index contributed by atoms with van der Waals surface area (Å²) in [6.45, 7) is 1.81. The lowest BCUT2D eigenvalue weighted by Gasteiger charge is -2.32. The van der Waals surface area contributed by atoms with E-state index in [0.717, 1.165) is 26.1 Å². The molecular formula is C11H18N2OS2. The van der Waals surface area contributed by atoms with Crippen LogP contribution in [0.1, 0.15) is 19.3 Å². The van der Waals surface area contributed by atoms with Crippen LogP contribution in [-0.4, -0.2) is 47.2 Å². The molecule has 3 aliphatic rings. The maximum atomic E-state index is 5.43. The van der Waals surface area contributed by atoms with E-state index in [1.54, 1.807) is 0 Å². The minimum absolute atomic E-state index is 0.299. The quantitative estimate of drug-likeness (QED) is 0.777. The molecule has 0 aromatic rings. The van der Waals surface area contributed by atoms with Crippen molar-refractivity contribution in [3.63, 3.8) is 0 Å². The van der Waals surface area contributed by atoms with Crippen molar-refractivity contribution in [3.05, 3.63) is 0 Å².